The first-order chi connectivity index (χ1) is 13.0. The Bertz CT molecular complexity index is 983. The fourth-order valence-corrected chi connectivity index (χ4v) is 6.00. The van der Waals surface area contributed by atoms with Gasteiger partial charge in [-0.05, 0) is 58.9 Å². The molecule has 27 heavy (non-hydrogen) atoms. The van der Waals surface area contributed by atoms with Crippen molar-refractivity contribution in [3.63, 3.8) is 0 Å². The average molecular weight is 404 g/mol. The van der Waals surface area contributed by atoms with Gasteiger partial charge in [-0.25, -0.2) is 4.98 Å². The smallest absolute Gasteiger partial charge is 0.233 e. The van der Waals surface area contributed by atoms with Gasteiger partial charge < -0.3 is 4.90 Å². The number of carbonyl (C=O) groups excluding carboxylic acids is 1. The number of amides is 1. The van der Waals surface area contributed by atoms with Crippen LogP contribution in [0.2, 0.25) is 0 Å². The van der Waals surface area contributed by atoms with Crippen LogP contribution in [-0.2, 0) is 17.6 Å². The minimum absolute atomic E-state index is 0.128. The maximum atomic E-state index is 12.7. The Hall–Kier alpha value is -1.67. The van der Waals surface area contributed by atoms with Crippen molar-refractivity contribution in [2.24, 2.45) is 0 Å². The molecule has 8 heteroatoms. The minimum atomic E-state index is 0.128. The topological polar surface area (TPSA) is 63.4 Å². The van der Waals surface area contributed by atoms with E-state index < -0.39 is 0 Å². The lowest BCUT2D eigenvalue weighted by Gasteiger charge is -2.30. The van der Waals surface area contributed by atoms with Gasteiger partial charge in [0, 0.05) is 17.0 Å². The molecule has 0 saturated carbocycles. The van der Waals surface area contributed by atoms with Crippen LogP contribution in [0, 0.1) is 0 Å². The quantitative estimate of drug-likeness (QED) is 0.604. The normalized spacial score (nSPS) is 14.4. The second-order valence-electron chi connectivity index (χ2n) is 7.59. The van der Waals surface area contributed by atoms with Crippen LogP contribution in [0.1, 0.15) is 51.0 Å². The SMILES string of the molecule is CC(C)N(C(=O)CSc1nnc2c3c4c(sc3ncn12)CCCC4)C(C)C. The van der Waals surface area contributed by atoms with E-state index in [0.29, 0.717) is 5.75 Å². The van der Waals surface area contributed by atoms with Gasteiger partial charge in [0.25, 0.3) is 0 Å². The highest BCUT2D eigenvalue weighted by molar-refractivity contribution is 7.99. The van der Waals surface area contributed by atoms with Gasteiger partial charge in [0.2, 0.25) is 5.91 Å². The number of fused-ring (bicyclic) bond motifs is 5. The number of hydrogen-bond donors (Lipinski definition) is 0. The van der Waals surface area contributed by atoms with Crippen LogP contribution >= 0.6 is 23.1 Å². The van der Waals surface area contributed by atoms with E-state index in [1.165, 1.54) is 35.0 Å². The van der Waals surface area contributed by atoms with E-state index in [2.05, 4.69) is 42.9 Å². The second-order valence-corrected chi connectivity index (χ2v) is 9.62. The summed E-state index contributed by atoms with van der Waals surface area (Å²) in [5, 5.41) is 10.7. The predicted molar refractivity (Wildman–Crippen MR) is 111 cm³/mol. The van der Waals surface area contributed by atoms with Crippen LogP contribution in [0.4, 0.5) is 0 Å². The Morgan fingerprint density at radius 1 is 1.22 bits per heavy atom. The molecule has 0 bridgehead atoms. The predicted octanol–water partition coefficient (Wildman–Crippen LogP) is 3.96. The molecule has 0 fully saturated rings. The van der Waals surface area contributed by atoms with E-state index in [4.69, 9.17) is 0 Å². The summed E-state index contributed by atoms with van der Waals surface area (Å²) in [5.74, 6) is 0.486. The molecule has 3 aromatic heterocycles. The maximum absolute atomic E-state index is 12.7. The monoisotopic (exact) mass is 403 g/mol. The van der Waals surface area contributed by atoms with E-state index in [-0.39, 0.29) is 18.0 Å². The molecule has 1 aliphatic rings. The van der Waals surface area contributed by atoms with Gasteiger partial charge in [0.05, 0.1) is 11.1 Å². The Kier molecular flexibility index (Phi) is 5.11. The van der Waals surface area contributed by atoms with Crippen molar-refractivity contribution in [1.29, 1.82) is 0 Å². The molecular weight excluding hydrogens is 378 g/mol. The van der Waals surface area contributed by atoms with Gasteiger partial charge in [-0.2, -0.15) is 0 Å². The summed E-state index contributed by atoms with van der Waals surface area (Å²) in [6, 6.07) is 0.374. The molecule has 0 saturated heterocycles. The second kappa shape index (κ2) is 7.39. The first-order valence-electron chi connectivity index (χ1n) is 9.55. The van der Waals surface area contributed by atoms with Crippen LogP contribution in [0.3, 0.4) is 0 Å². The Morgan fingerprint density at radius 3 is 2.70 bits per heavy atom. The third-order valence-electron chi connectivity index (χ3n) is 5.06. The molecule has 3 heterocycles. The molecule has 144 valence electrons. The molecule has 3 aromatic rings. The number of aryl methyl sites for hydroxylation is 2. The number of nitrogens with zero attached hydrogens (tertiary/aromatic N) is 5. The lowest BCUT2D eigenvalue weighted by molar-refractivity contribution is -0.131. The van der Waals surface area contributed by atoms with Gasteiger partial charge in [-0.3, -0.25) is 9.20 Å². The fraction of sp³-hybridized carbons (Fsp3) is 0.579. The molecule has 0 unspecified atom stereocenters. The average Bonchev–Trinajstić information content (AvgIpc) is 3.19. The van der Waals surface area contributed by atoms with Gasteiger partial charge in [-0.1, -0.05) is 11.8 Å². The zero-order valence-electron chi connectivity index (χ0n) is 16.2. The van der Waals surface area contributed by atoms with Crippen molar-refractivity contribution >= 4 is 44.9 Å². The van der Waals surface area contributed by atoms with Crippen LogP contribution in [0.15, 0.2) is 11.5 Å². The molecule has 1 amide bonds. The van der Waals surface area contributed by atoms with Crippen molar-refractivity contribution in [3.8, 4) is 0 Å². The Labute approximate surface area is 167 Å². The first kappa shape index (κ1) is 18.7. The Balaban J connectivity index is 1.63. The van der Waals surface area contributed by atoms with Crippen molar-refractivity contribution in [2.45, 2.75) is 70.6 Å². The molecular formula is C19H25N5OS2. The van der Waals surface area contributed by atoms with Crippen molar-refractivity contribution < 1.29 is 4.79 Å². The van der Waals surface area contributed by atoms with Crippen molar-refractivity contribution in [2.75, 3.05) is 5.75 Å². The number of thiophene rings is 1. The highest BCUT2D eigenvalue weighted by atomic mass is 32.2. The van der Waals surface area contributed by atoms with Crippen molar-refractivity contribution in [3.05, 3.63) is 16.8 Å². The molecule has 0 aromatic carbocycles. The largest absolute Gasteiger partial charge is 0.337 e. The van der Waals surface area contributed by atoms with E-state index in [0.717, 1.165) is 33.9 Å². The molecule has 0 radical (unpaired) electrons. The number of carbonyl (C=O) groups is 1. The summed E-state index contributed by atoms with van der Waals surface area (Å²) < 4.78 is 1.94. The zero-order valence-corrected chi connectivity index (χ0v) is 17.9. The highest BCUT2D eigenvalue weighted by Crippen LogP contribution is 2.37. The highest BCUT2D eigenvalue weighted by Gasteiger charge is 2.23. The molecule has 0 N–H and O–H groups in total. The van der Waals surface area contributed by atoms with Gasteiger partial charge in [0.15, 0.2) is 10.8 Å². The number of thioether (sulfide) groups is 1. The first-order valence-corrected chi connectivity index (χ1v) is 11.4. The summed E-state index contributed by atoms with van der Waals surface area (Å²) in [4.78, 5) is 21.7. The zero-order chi connectivity index (χ0) is 19.1. The maximum Gasteiger partial charge on any atom is 0.233 e. The molecule has 4 rings (SSSR count). The summed E-state index contributed by atoms with van der Waals surface area (Å²) in [6.45, 7) is 8.20. The summed E-state index contributed by atoms with van der Waals surface area (Å²) in [5.41, 5.74) is 2.28. The van der Waals surface area contributed by atoms with Gasteiger partial charge in [-0.15, -0.1) is 21.5 Å². The summed E-state index contributed by atoms with van der Waals surface area (Å²) >= 11 is 3.23. The molecule has 0 spiro atoms. The lowest BCUT2D eigenvalue weighted by Crippen LogP contribution is -2.43. The molecule has 6 nitrogen and oxygen atoms in total. The molecule has 0 aliphatic heterocycles. The molecule has 1 aliphatic carbocycles. The van der Waals surface area contributed by atoms with E-state index in [9.17, 15) is 4.79 Å². The number of hydrogen-bond acceptors (Lipinski definition) is 6. The van der Waals surface area contributed by atoms with Gasteiger partial charge >= 0.3 is 0 Å². The fourth-order valence-electron chi connectivity index (χ4n) is 4.01. The van der Waals surface area contributed by atoms with Crippen LogP contribution in [0.25, 0.3) is 15.9 Å². The third-order valence-corrected chi connectivity index (χ3v) is 7.18. The van der Waals surface area contributed by atoms with E-state index in [1.807, 2.05) is 9.30 Å². The third kappa shape index (κ3) is 3.33. The van der Waals surface area contributed by atoms with Crippen LogP contribution in [0.5, 0.6) is 0 Å². The molecule has 0 atom stereocenters. The summed E-state index contributed by atoms with van der Waals surface area (Å²) in [7, 11) is 0. The van der Waals surface area contributed by atoms with Gasteiger partial charge in [0.1, 0.15) is 11.2 Å². The lowest BCUT2D eigenvalue weighted by atomic mass is 9.97. The standard InChI is InChI=1S/C19H25N5OS2/c1-11(2)24(12(3)4)15(25)9-26-19-22-21-17-16-13-7-5-6-8-14(13)27-18(16)20-10-23(17)19/h10-12H,5-9H2,1-4H3. The Morgan fingerprint density at radius 2 is 1.96 bits per heavy atom. The van der Waals surface area contributed by atoms with Crippen molar-refractivity contribution in [1.82, 2.24) is 24.5 Å². The van der Waals surface area contributed by atoms with E-state index >= 15 is 0 Å². The van der Waals surface area contributed by atoms with Crippen LogP contribution < -0.4 is 0 Å². The minimum Gasteiger partial charge on any atom is -0.337 e. The summed E-state index contributed by atoms with van der Waals surface area (Å²) in [6.07, 6.45) is 6.53. The van der Waals surface area contributed by atoms with Crippen LogP contribution in [-0.4, -0.2) is 48.2 Å². The number of aromatic nitrogens is 4. The van der Waals surface area contributed by atoms with E-state index in [1.54, 1.807) is 17.7 Å². The number of rotatable bonds is 5.